The number of aromatic nitrogens is 3. The van der Waals surface area contributed by atoms with Crippen molar-refractivity contribution in [2.45, 2.75) is 13.0 Å². The normalized spacial score (nSPS) is 13.2. The van der Waals surface area contributed by atoms with Gasteiger partial charge in [0, 0.05) is 25.4 Å². The smallest absolute Gasteiger partial charge is 0.160 e. The van der Waals surface area contributed by atoms with E-state index in [0.29, 0.717) is 6.54 Å². The van der Waals surface area contributed by atoms with Crippen LogP contribution < -0.4 is 5.32 Å². The molecule has 0 fully saturated rings. The summed E-state index contributed by atoms with van der Waals surface area (Å²) in [5, 5.41) is 12.9. The predicted molar refractivity (Wildman–Crippen MR) is 62.1 cm³/mol. The minimum atomic E-state index is -0.551. The first-order valence-corrected chi connectivity index (χ1v) is 5.25. The van der Waals surface area contributed by atoms with Crippen molar-refractivity contribution in [3.05, 3.63) is 23.7 Å². The van der Waals surface area contributed by atoms with E-state index in [-0.39, 0.29) is 0 Å². The Labute approximate surface area is 94.1 Å². The first-order chi connectivity index (χ1) is 7.65. The van der Waals surface area contributed by atoms with Crippen LogP contribution in [0.15, 0.2) is 12.3 Å². The van der Waals surface area contributed by atoms with Gasteiger partial charge in [0.2, 0.25) is 0 Å². The summed E-state index contributed by atoms with van der Waals surface area (Å²) in [5.74, 6) is 0.895. The Bertz CT molecular complexity index is 506. The van der Waals surface area contributed by atoms with Gasteiger partial charge in [-0.05, 0) is 20.0 Å². The average Bonchev–Trinajstić information content (AvgIpc) is 2.55. The van der Waals surface area contributed by atoms with Crippen LogP contribution in [0.3, 0.4) is 0 Å². The van der Waals surface area contributed by atoms with E-state index in [4.69, 9.17) is 0 Å². The lowest BCUT2D eigenvalue weighted by molar-refractivity contribution is 0.179. The Morgan fingerprint density at radius 2 is 2.31 bits per heavy atom. The highest BCUT2D eigenvalue weighted by molar-refractivity contribution is 5.75. The van der Waals surface area contributed by atoms with Gasteiger partial charge in [-0.3, -0.25) is 0 Å². The fourth-order valence-electron chi connectivity index (χ4n) is 1.78. The summed E-state index contributed by atoms with van der Waals surface area (Å²) in [6.45, 7) is 2.44. The largest absolute Gasteiger partial charge is 0.387 e. The third kappa shape index (κ3) is 1.68. The third-order valence-electron chi connectivity index (χ3n) is 2.77. The number of hydrogen-bond donors (Lipinski definition) is 2. The highest BCUT2D eigenvalue weighted by atomic mass is 16.3. The maximum atomic E-state index is 9.98. The maximum Gasteiger partial charge on any atom is 0.160 e. The number of pyridine rings is 1. The highest BCUT2D eigenvalue weighted by Gasteiger charge is 2.15. The molecule has 2 N–H and O–H groups in total. The molecular formula is C11H16N4O. The Balaban J connectivity index is 2.58. The molecule has 0 spiro atoms. The molecule has 0 radical (unpaired) electrons. The first-order valence-electron chi connectivity index (χ1n) is 5.25. The Morgan fingerprint density at radius 1 is 1.56 bits per heavy atom. The third-order valence-corrected chi connectivity index (χ3v) is 2.77. The van der Waals surface area contributed by atoms with Crippen LogP contribution in [0.1, 0.15) is 17.5 Å². The van der Waals surface area contributed by atoms with Crippen molar-refractivity contribution in [1.29, 1.82) is 0 Å². The van der Waals surface area contributed by atoms with E-state index in [0.717, 1.165) is 22.6 Å². The van der Waals surface area contributed by atoms with Gasteiger partial charge in [-0.2, -0.15) is 0 Å². The number of imidazole rings is 1. The minimum Gasteiger partial charge on any atom is -0.387 e. The van der Waals surface area contributed by atoms with Gasteiger partial charge in [-0.15, -0.1) is 0 Å². The molecule has 1 unspecified atom stereocenters. The van der Waals surface area contributed by atoms with Gasteiger partial charge in [0.1, 0.15) is 11.3 Å². The van der Waals surface area contributed by atoms with Crippen molar-refractivity contribution in [2.24, 2.45) is 7.05 Å². The average molecular weight is 220 g/mol. The molecule has 0 aromatic carbocycles. The fraction of sp³-hybridized carbons (Fsp3) is 0.455. The van der Waals surface area contributed by atoms with Crippen LogP contribution in [0.4, 0.5) is 0 Å². The zero-order chi connectivity index (χ0) is 11.7. The molecule has 0 amide bonds. The molecule has 0 bridgehead atoms. The zero-order valence-corrected chi connectivity index (χ0v) is 9.73. The molecule has 16 heavy (non-hydrogen) atoms. The van der Waals surface area contributed by atoms with Crippen LogP contribution in [0.2, 0.25) is 0 Å². The molecule has 2 rings (SSSR count). The van der Waals surface area contributed by atoms with Crippen LogP contribution in [0.25, 0.3) is 11.2 Å². The summed E-state index contributed by atoms with van der Waals surface area (Å²) in [6, 6.07) is 1.82. The molecule has 2 aromatic heterocycles. The molecular weight excluding hydrogens is 204 g/mol. The Morgan fingerprint density at radius 3 is 3.00 bits per heavy atom. The lowest BCUT2D eigenvalue weighted by Gasteiger charge is -2.10. The van der Waals surface area contributed by atoms with Gasteiger partial charge < -0.3 is 15.0 Å². The second kappa shape index (κ2) is 4.19. The number of aliphatic hydroxyl groups is 1. The van der Waals surface area contributed by atoms with Crippen molar-refractivity contribution >= 4 is 11.2 Å². The van der Waals surface area contributed by atoms with E-state index in [1.54, 1.807) is 6.20 Å². The van der Waals surface area contributed by atoms with Gasteiger partial charge >= 0.3 is 0 Å². The standard InChI is InChI=1S/C11H16N4O/c1-7-14-10-8(9(16)6-12-2)4-5-13-11(10)15(7)3/h4-5,9,12,16H,6H2,1-3H3. The number of fused-ring (bicyclic) bond motifs is 1. The molecule has 0 aliphatic rings. The molecule has 2 heterocycles. The number of aryl methyl sites for hydroxylation is 2. The van der Waals surface area contributed by atoms with E-state index in [1.165, 1.54) is 0 Å². The van der Waals surface area contributed by atoms with E-state index < -0.39 is 6.10 Å². The van der Waals surface area contributed by atoms with Crippen LogP contribution in [-0.4, -0.2) is 33.2 Å². The summed E-state index contributed by atoms with van der Waals surface area (Å²) < 4.78 is 1.92. The van der Waals surface area contributed by atoms with Gasteiger partial charge in [-0.1, -0.05) is 0 Å². The Hall–Kier alpha value is -1.46. The predicted octanol–water partition coefficient (Wildman–Crippen LogP) is 0.530. The zero-order valence-electron chi connectivity index (χ0n) is 9.73. The molecule has 0 saturated heterocycles. The van der Waals surface area contributed by atoms with Crippen molar-refractivity contribution in [1.82, 2.24) is 19.9 Å². The highest BCUT2D eigenvalue weighted by Crippen LogP contribution is 2.21. The minimum absolute atomic E-state index is 0.509. The van der Waals surface area contributed by atoms with E-state index in [2.05, 4.69) is 15.3 Å². The topological polar surface area (TPSA) is 63.0 Å². The van der Waals surface area contributed by atoms with Crippen molar-refractivity contribution in [3.8, 4) is 0 Å². The number of likely N-dealkylation sites (N-methyl/N-ethyl adjacent to an activating group) is 1. The summed E-state index contributed by atoms with van der Waals surface area (Å²) in [7, 11) is 3.73. The van der Waals surface area contributed by atoms with Crippen LogP contribution in [-0.2, 0) is 7.05 Å². The fourth-order valence-corrected chi connectivity index (χ4v) is 1.78. The monoisotopic (exact) mass is 220 g/mol. The number of nitrogens with one attached hydrogen (secondary N) is 1. The van der Waals surface area contributed by atoms with Gasteiger partial charge in [0.15, 0.2) is 5.65 Å². The van der Waals surface area contributed by atoms with E-state index >= 15 is 0 Å². The van der Waals surface area contributed by atoms with E-state index in [9.17, 15) is 5.11 Å². The van der Waals surface area contributed by atoms with Gasteiger partial charge in [0.05, 0.1) is 6.10 Å². The maximum absolute atomic E-state index is 9.98. The van der Waals surface area contributed by atoms with Crippen LogP contribution in [0, 0.1) is 6.92 Å². The van der Waals surface area contributed by atoms with Crippen LogP contribution in [0.5, 0.6) is 0 Å². The lowest BCUT2D eigenvalue weighted by atomic mass is 10.1. The Kier molecular flexibility index (Phi) is 2.89. The number of rotatable bonds is 3. The lowest BCUT2D eigenvalue weighted by Crippen LogP contribution is -2.17. The number of nitrogens with zero attached hydrogens (tertiary/aromatic N) is 3. The molecule has 1 atom stereocenters. The molecule has 0 aliphatic heterocycles. The second-order valence-corrected chi connectivity index (χ2v) is 3.86. The SMILES string of the molecule is CNCC(O)c1ccnc2c1nc(C)n2C. The number of aliphatic hydroxyl groups excluding tert-OH is 1. The summed E-state index contributed by atoms with van der Waals surface area (Å²) >= 11 is 0. The second-order valence-electron chi connectivity index (χ2n) is 3.86. The quantitative estimate of drug-likeness (QED) is 0.792. The molecule has 2 aromatic rings. The molecule has 0 saturated carbocycles. The summed E-state index contributed by atoms with van der Waals surface area (Å²) in [5.41, 5.74) is 2.42. The summed E-state index contributed by atoms with van der Waals surface area (Å²) in [4.78, 5) is 8.70. The number of hydrogen-bond acceptors (Lipinski definition) is 4. The van der Waals surface area contributed by atoms with Crippen molar-refractivity contribution < 1.29 is 5.11 Å². The molecule has 5 nitrogen and oxygen atoms in total. The van der Waals surface area contributed by atoms with E-state index in [1.807, 2.05) is 31.7 Å². The first kappa shape index (κ1) is 11.0. The van der Waals surface area contributed by atoms with Crippen molar-refractivity contribution in [2.75, 3.05) is 13.6 Å². The molecule has 0 aliphatic carbocycles. The molecule has 86 valence electrons. The van der Waals surface area contributed by atoms with Crippen molar-refractivity contribution in [3.63, 3.8) is 0 Å². The van der Waals surface area contributed by atoms with Gasteiger partial charge in [-0.25, -0.2) is 9.97 Å². The van der Waals surface area contributed by atoms with Gasteiger partial charge in [0.25, 0.3) is 0 Å². The van der Waals surface area contributed by atoms with Crippen LogP contribution >= 0.6 is 0 Å². The summed E-state index contributed by atoms with van der Waals surface area (Å²) in [6.07, 6.45) is 1.15. The molecule has 5 heteroatoms.